The SMILES string of the molecule is CC1CCC(C(C)(C)C(C)C)C1C. The zero-order valence-corrected chi connectivity index (χ0v) is 10.2. The van der Waals surface area contributed by atoms with Crippen molar-refractivity contribution in [3.63, 3.8) is 0 Å². The van der Waals surface area contributed by atoms with Gasteiger partial charge < -0.3 is 0 Å². The Morgan fingerprint density at radius 2 is 1.62 bits per heavy atom. The van der Waals surface area contributed by atoms with Crippen LogP contribution in [0.4, 0.5) is 0 Å². The van der Waals surface area contributed by atoms with E-state index in [0.717, 1.165) is 23.7 Å². The summed E-state index contributed by atoms with van der Waals surface area (Å²) in [6.45, 7) is 14.5. The highest BCUT2D eigenvalue weighted by Crippen LogP contribution is 2.49. The van der Waals surface area contributed by atoms with Crippen LogP contribution in [0.2, 0.25) is 0 Å². The third kappa shape index (κ3) is 1.92. The second-order valence-electron chi connectivity index (χ2n) is 6.00. The second kappa shape index (κ2) is 3.63. The summed E-state index contributed by atoms with van der Waals surface area (Å²) in [5, 5.41) is 0. The Bertz CT molecular complexity index is 167. The van der Waals surface area contributed by atoms with Crippen molar-refractivity contribution in [3.05, 3.63) is 0 Å². The van der Waals surface area contributed by atoms with Crippen LogP contribution in [0.15, 0.2) is 0 Å². The van der Waals surface area contributed by atoms with Gasteiger partial charge in [0.25, 0.3) is 0 Å². The number of hydrogen-bond donors (Lipinski definition) is 0. The van der Waals surface area contributed by atoms with E-state index in [1.807, 2.05) is 0 Å². The molecule has 0 aromatic carbocycles. The minimum atomic E-state index is 0.532. The Labute approximate surface area is 84.1 Å². The summed E-state index contributed by atoms with van der Waals surface area (Å²) >= 11 is 0. The first-order chi connectivity index (χ1) is 5.87. The van der Waals surface area contributed by atoms with Crippen LogP contribution in [0.25, 0.3) is 0 Å². The summed E-state index contributed by atoms with van der Waals surface area (Å²) in [7, 11) is 0. The maximum Gasteiger partial charge on any atom is -0.0300 e. The molecule has 1 fully saturated rings. The maximum atomic E-state index is 2.46. The second-order valence-corrected chi connectivity index (χ2v) is 6.00. The summed E-state index contributed by atoms with van der Waals surface area (Å²) in [4.78, 5) is 0. The fourth-order valence-corrected chi connectivity index (χ4v) is 2.84. The first-order valence-corrected chi connectivity index (χ1v) is 5.87. The minimum absolute atomic E-state index is 0.532. The molecule has 0 aliphatic heterocycles. The molecule has 78 valence electrons. The Balaban J connectivity index is 2.72. The lowest BCUT2D eigenvalue weighted by Gasteiger charge is -2.39. The Morgan fingerprint density at radius 1 is 1.08 bits per heavy atom. The molecule has 0 bridgehead atoms. The molecule has 1 saturated carbocycles. The molecule has 1 rings (SSSR count). The summed E-state index contributed by atoms with van der Waals surface area (Å²) in [6.07, 6.45) is 2.90. The molecule has 0 radical (unpaired) electrons. The van der Waals surface area contributed by atoms with Crippen molar-refractivity contribution >= 4 is 0 Å². The van der Waals surface area contributed by atoms with Gasteiger partial charge in [-0.05, 0) is 35.5 Å². The molecule has 3 atom stereocenters. The van der Waals surface area contributed by atoms with E-state index in [4.69, 9.17) is 0 Å². The zero-order chi connectivity index (χ0) is 10.2. The van der Waals surface area contributed by atoms with Gasteiger partial charge in [0.15, 0.2) is 0 Å². The van der Waals surface area contributed by atoms with Crippen molar-refractivity contribution in [2.45, 2.75) is 54.4 Å². The van der Waals surface area contributed by atoms with Gasteiger partial charge in [-0.25, -0.2) is 0 Å². The van der Waals surface area contributed by atoms with Crippen LogP contribution < -0.4 is 0 Å². The van der Waals surface area contributed by atoms with Gasteiger partial charge in [-0.2, -0.15) is 0 Å². The lowest BCUT2D eigenvalue weighted by Crippen LogP contribution is -2.32. The highest BCUT2D eigenvalue weighted by molar-refractivity contribution is 4.90. The predicted molar refractivity (Wildman–Crippen MR) is 59.7 cm³/mol. The average Bonchev–Trinajstić information content (AvgIpc) is 2.33. The topological polar surface area (TPSA) is 0 Å². The zero-order valence-electron chi connectivity index (χ0n) is 10.2. The molecule has 0 aromatic rings. The normalized spacial score (nSPS) is 35.8. The molecule has 13 heavy (non-hydrogen) atoms. The molecule has 1 aliphatic carbocycles. The van der Waals surface area contributed by atoms with Gasteiger partial charge in [-0.15, -0.1) is 0 Å². The van der Waals surface area contributed by atoms with Crippen LogP contribution in [0.5, 0.6) is 0 Å². The quantitative estimate of drug-likeness (QED) is 0.595. The van der Waals surface area contributed by atoms with E-state index in [0.29, 0.717) is 5.41 Å². The summed E-state index contributed by atoms with van der Waals surface area (Å²) in [6, 6.07) is 0. The molecule has 0 amide bonds. The Hall–Kier alpha value is 0. The monoisotopic (exact) mass is 182 g/mol. The van der Waals surface area contributed by atoms with Crippen molar-refractivity contribution in [2.75, 3.05) is 0 Å². The molecule has 0 aromatic heterocycles. The van der Waals surface area contributed by atoms with Crippen molar-refractivity contribution < 1.29 is 0 Å². The van der Waals surface area contributed by atoms with E-state index in [-0.39, 0.29) is 0 Å². The van der Waals surface area contributed by atoms with Crippen LogP contribution >= 0.6 is 0 Å². The maximum absolute atomic E-state index is 2.46. The van der Waals surface area contributed by atoms with Crippen LogP contribution in [0.1, 0.15) is 54.4 Å². The van der Waals surface area contributed by atoms with Gasteiger partial charge >= 0.3 is 0 Å². The van der Waals surface area contributed by atoms with E-state index in [9.17, 15) is 0 Å². The largest absolute Gasteiger partial charge is 0.0623 e. The first-order valence-electron chi connectivity index (χ1n) is 5.87. The van der Waals surface area contributed by atoms with Crippen LogP contribution in [0, 0.1) is 29.1 Å². The van der Waals surface area contributed by atoms with E-state index < -0.39 is 0 Å². The Kier molecular flexibility index (Phi) is 3.09. The predicted octanol–water partition coefficient (Wildman–Crippen LogP) is 4.35. The summed E-state index contributed by atoms with van der Waals surface area (Å²) in [5.41, 5.74) is 0.532. The standard InChI is InChI=1S/C13H26/c1-9(2)13(5,6)12-8-7-10(3)11(12)4/h9-12H,7-8H2,1-6H3. The minimum Gasteiger partial charge on any atom is -0.0623 e. The van der Waals surface area contributed by atoms with Crippen molar-refractivity contribution in [1.29, 1.82) is 0 Å². The van der Waals surface area contributed by atoms with Crippen LogP contribution in [0.3, 0.4) is 0 Å². The van der Waals surface area contributed by atoms with Crippen LogP contribution in [-0.4, -0.2) is 0 Å². The molecular weight excluding hydrogens is 156 g/mol. The van der Waals surface area contributed by atoms with Crippen molar-refractivity contribution in [2.24, 2.45) is 29.1 Å². The number of hydrogen-bond acceptors (Lipinski definition) is 0. The Morgan fingerprint density at radius 3 is 1.92 bits per heavy atom. The lowest BCUT2D eigenvalue weighted by atomic mass is 9.66. The first kappa shape index (κ1) is 11.1. The van der Waals surface area contributed by atoms with Gasteiger partial charge in [0.05, 0.1) is 0 Å². The van der Waals surface area contributed by atoms with E-state index in [1.54, 1.807) is 0 Å². The van der Waals surface area contributed by atoms with E-state index >= 15 is 0 Å². The molecule has 0 spiro atoms. The molecular formula is C13H26. The van der Waals surface area contributed by atoms with Crippen LogP contribution in [-0.2, 0) is 0 Å². The fraction of sp³-hybridized carbons (Fsp3) is 1.00. The van der Waals surface area contributed by atoms with Gasteiger partial charge in [0, 0.05) is 0 Å². The highest BCUT2D eigenvalue weighted by Gasteiger charge is 2.41. The molecule has 0 nitrogen and oxygen atoms in total. The molecule has 0 heteroatoms. The third-order valence-corrected chi connectivity index (χ3v) is 4.91. The molecule has 0 saturated heterocycles. The molecule has 0 N–H and O–H groups in total. The van der Waals surface area contributed by atoms with Crippen molar-refractivity contribution in [3.8, 4) is 0 Å². The smallest absolute Gasteiger partial charge is 0.0300 e. The molecule has 0 heterocycles. The van der Waals surface area contributed by atoms with Gasteiger partial charge in [-0.1, -0.05) is 48.0 Å². The highest BCUT2D eigenvalue weighted by atomic mass is 14.5. The van der Waals surface area contributed by atoms with Gasteiger partial charge in [0.1, 0.15) is 0 Å². The molecule has 1 aliphatic rings. The summed E-state index contributed by atoms with van der Waals surface area (Å²) < 4.78 is 0. The van der Waals surface area contributed by atoms with Gasteiger partial charge in [0.2, 0.25) is 0 Å². The summed E-state index contributed by atoms with van der Waals surface area (Å²) in [5.74, 6) is 3.63. The average molecular weight is 182 g/mol. The van der Waals surface area contributed by atoms with E-state index in [1.165, 1.54) is 12.8 Å². The molecule has 3 unspecified atom stereocenters. The number of rotatable bonds is 2. The third-order valence-electron chi connectivity index (χ3n) is 4.91. The lowest BCUT2D eigenvalue weighted by molar-refractivity contribution is 0.101. The van der Waals surface area contributed by atoms with E-state index in [2.05, 4.69) is 41.5 Å². The van der Waals surface area contributed by atoms with Crippen molar-refractivity contribution in [1.82, 2.24) is 0 Å². The fourth-order valence-electron chi connectivity index (χ4n) is 2.84. The van der Waals surface area contributed by atoms with Gasteiger partial charge in [-0.3, -0.25) is 0 Å².